The van der Waals surface area contributed by atoms with Gasteiger partial charge in [0.2, 0.25) is 0 Å². The van der Waals surface area contributed by atoms with Gasteiger partial charge >= 0.3 is 0 Å². The third-order valence-electron chi connectivity index (χ3n) is 4.75. The molecule has 0 saturated heterocycles. The van der Waals surface area contributed by atoms with Crippen molar-refractivity contribution < 1.29 is 9.59 Å². The predicted molar refractivity (Wildman–Crippen MR) is 114 cm³/mol. The van der Waals surface area contributed by atoms with Gasteiger partial charge in [0.25, 0.3) is 11.8 Å². The van der Waals surface area contributed by atoms with Crippen LogP contribution in [0.15, 0.2) is 18.2 Å². The van der Waals surface area contributed by atoms with Crippen molar-refractivity contribution in [2.45, 2.75) is 46.0 Å². The Morgan fingerprint density at radius 3 is 2.59 bits per heavy atom. The summed E-state index contributed by atoms with van der Waals surface area (Å²) in [6.45, 7) is 3.87. The highest BCUT2D eigenvalue weighted by Crippen LogP contribution is 2.37. The molecule has 0 bridgehead atoms. The van der Waals surface area contributed by atoms with Crippen LogP contribution in [0.2, 0.25) is 0 Å². The number of rotatable bonds is 3. The number of thiophene rings is 1. The van der Waals surface area contributed by atoms with Crippen LogP contribution in [-0.2, 0) is 12.8 Å². The van der Waals surface area contributed by atoms with Crippen molar-refractivity contribution in [2.75, 3.05) is 5.32 Å². The maximum Gasteiger partial charge on any atom is 0.257 e. The van der Waals surface area contributed by atoms with E-state index in [0.29, 0.717) is 16.1 Å². The third-order valence-corrected chi connectivity index (χ3v) is 6.16. The molecule has 1 aromatic carbocycles. The number of primary amides is 1. The minimum absolute atomic E-state index is 0.166. The molecule has 142 valence electrons. The number of thiocarbonyl (C=S) groups is 1. The first-order valence-corrected chi connectivity index (χ1v) is 10.2. The van der Waals surface area contributed by atoms with E-state index in [1.807, 2.05) is 26.0 Å². The first-order valence-electron chi connectivity index (χ1n) is 9.00. The van der Waals surface area contributed by atoms with Gasteiger partial charge in [-0.15, -0.1) is 11.3 Å². The smallest absolute Gasteiger partial charge is 0.257 e. The number of hydrogen-bond donors (Lipinski definition) is 3. The molecule has 2 aromatic rings. The minimum atomic E-state index is -0.458. The number of aryl methyl sites for hydroxylation is 3. The minimum Gasteiger partial charge on any atom is -0.365 e. The van der Waals surface area contributed by atoms with Gasteiger partial charge in [0.05, 0.1) is 5.56 Å². The molecular formula is C20H23N3O2S2. The van der Waals surface area contributed by atoms with Gasteiger partial charge in [0, 0.05) is 10.4 Å². The highest BCUT2D eigenvalue weighted by atomic mass is 32.1. The first-order chi connectivity index (χ1) is 12.9. The standard InChI is InChI=1S/C20H23N3O2S2/c1-11-8-9-13(12(2)10-11)18(25)22-20(26)23-19-16(17(21)24)14-6-4-3-5-7-15(14)27-19/h8-10H,3-7H2,1-2H3,(H2,21,24)(H2,22,23,25,26). The summed E-state index contributed by atoms with van der Waals surface area (Å²) in [5.41, 5.74) is 9.73. The molecule has 0 spiro atoms. The second kappa shape index (κ2) is 8.19. The van der Waals surface area contributed by atoms with Gasteiger partial charge in [-0.1, -0.05) is 24.1 Å². The molecule has 1 aliphatic rings. The van der Waals surface area contributed by atoms with Crippen LogP contribution < -0.4 is 16.4 Å². The normalized spacial score (nSPS) is 13.4. The number of fused-ring (bicyclic) bond motifs is 1. The molecule has 3 rings (SSSR count). The molecule has 5 nitrogen and oxygen atoms in total. The molecule has 4 N–H and O–H groups in total. The fraction of sp³-hybridized carbons (Fsp3) is 0.350. The number of nitrogens with two attached hydrogens (primary N) is 1. The molecule has 1 aliphatic carbocycles. The van der Waals surface area contributed by atoms with Crippen LogP contribution in [0.25, 0.3) is 0 Å². The maximum absolute atomic E-state index is 12.5. The van der Waals surface area contributed by atoms with E-state index in [2.05, 4.69) is 10.6 Å². The molecule has 1 heterocycles. The van der Waals surface area contributed by atoms with E-state index in [4.69, 9.17) is 18.0 Å². The maximum atomic E-state index is 12.5. The average Bonchev–Trinajstić information content (AvgIpc) is 2.76. The van der Waals surface area contributed by atoms with Crippen LogP contribution in [0.5, 0.6) is 0 Å². The summed E-state index contributed by atoms with van der Waals surface area (Å²) < 4.78 is 0. The van der Waals surface area contributed by atoms with Crippen LogP contribution in [0.4, 0.5) is 5.00 Å². The largest absolute Gasteiger partial charge is 0.365 e. The molecule has 0 fully saturated rings. The van der Waals surface area contributed by atoms with Gasteiger partial charge in [-0.2, -0.15) is 0 Å². The average molecular weight is 402 g/mol. The van der Waals surface area contributed by atoms with Gasteiger partial charge in [0.1, 0.15) is 5.00 Å². The van der Waals surface area contributed by atoms with Crippen LogP contribution in [0.3, 0.4) is 0 Å². The van der Waals surface area contributed by atoms with Crippen LogP contribution in [0.1, 0.15) is 61.5 Å². The quantitative estimate of drug-likeness (QED) is 0.539. The molecule has 1 aromatic heterocycles. The van der Waals surface area contributed by atoms with E-state index in [-0.39, 0.29) is 11.0 Å². The monoisotopic (exact) mass is 401 g/mol. The summed E-state index contributed by atoms with van der Waals surface area (Å²) >= 11 is 6.82. The van der Waals surface area contributed by atoms with Crippen molar-refractivity contribution in [1.82, 2.24) is 5.32 Å². The zero-order chi connectivity index (χ0) is 19.6. The fourth-order valence-electron chi connectivity index (χ4n) is 3.46. The highest BCUT2D eigenvalue weighted by molar-refractivity contribution is 7.80. The lowest BCUT2D eigenvalue weighted by Crippen LogP contribution is -2.34. The Morgan fingerprint density at radius 2 is 1.89 bits per heavy atom. The predicted octanol–water partition coefficient (Wildman–Crippen LogP) is 3.86. The van der Waals surface area contributed by atoms with Crippen LogP contribution in [0, 0.1) is 13.8 Å². The van der Waals surface area contributed by atoms with E-state index in [9.17, 15) is 9.59 Å². The van der Waals surface area contributed by atoms with E-state index in [1.54, 1.807) is 6.07 Å². The number of carbonyl (C=O) groups excluding carboxylic acids is 2. The van der Waals surface area contributed by atoms with Crippen molar-refractivity contribution in [1.29, 1.82) is 0 Å². The zero-order valence-corrected chi connectivity index (χ0v) is 17.1. The van der Waals surface area contributed by atoms with Crippen molar-refractivity contribution >= 4 is 45.5 Å². The topological polar surface area (TPSA) is 84.2 Å². The van der Waals surface area contributed by atoms with E-state index in [0.717, 1.165) is 48.8 Å². The highest BCUT2D eigenvalue weighted by Gasteiger charge is 2.24. The Labute approximate surface area is 168 Å². The zero-order valence-electron chi connectivity index (χ0n) is 15.5. The SMILES string of the molecule is Cc1ccc(C(=O)NC(=S)Nc2sc3c(c2C(N)=O)CCCCC3)c(C)c1. The molecule has 0 radical (unpaired) electrons. The lowest BCUT2D eigenvalue weighted by atomic mass is 10.1. The Morgan fingerprint density at radius 1 is 1.15 bits per heavy atom. The van der Waals surface area contributed by atoms with Crippen molar-refractivity contribution in [3.8, 4) is 0 Å². The summed E-state index contributed by atoms with van der Waals surface area (Å²) in [6.07, 6.45) is 5.13. The number of carbonyl (C=O) groups is 2. The molecule has 7 heteroatoms. The third kappa shape index (κ3) is 4.36. The summed E-state index contributed by atoms with van der Waals surface area (Å²) in [4.78, 5) is 25.7. The van der Waals surface area contributed by atoms with Gasteiger partial charge in [-0.25, -0.2) is 0 Å². The van der Waals surface area contributed by atoms with Crippen LogP contribution in [-0.4, -0.2) is 16.9 Å². The summed E-state index contributed by atoms with van der Waals surface area (Å²) in [6, 6.07) is 5.62. The number of benzene rings is 1. The lowest BCUT2D eigenvalue weighted by molar-refractivity contribution is 0.0975. The number of amides is 2. The molecule has 0 unspecified atom stereocenters. The number of nitrogens with one attached hydrogen (secondary N) is 2. The molecule has 2 amide bonds. The van der Waals surface area contributed by atoms with E-state index in [1.165, 1.54) is 16.2 Å². The van der Waals surface area contributed by atoms with E-state index >= 15 is 0 Å². The van der Waals surface area contributed by atoms with Gasteiger partial charge in [-0.05, 0) is 68.9 Å². The van der Waals surface area contributed by atoms with Crippen LogP contribution >= 0.6 is 23.6 Å². The Kier molecular flexibility index (Phi) is 5.92. The Hall–Kier alpha value is -2.25. The number of anilines is 1. The Bertz CT molecular complexity index is 918. The van der Waals surface area contributed by atoms with Crippen molar-refractivity contribution in [3.05, 3.63) is 50.9 Å². The van der Waals surface area contributed by atoms with Crippen molar-refractivity contribution in [2.24, 2.45) is 5.73 Å². The van der Waals surface area contributed by atoms with Gasteiger partial charge < -0.3 is 11.1 Å². The second-order valence-electron chi connectivity index (χ2n) is 6.86. The lowest BCUT2D eigenvalue weighted by Gasteiger charge is -2.11. The van der Waals surface area contributed by atoms with E-state index < -0.39 is 5.91 Å². The molecular weight excluding hydrogens is 378 g/mol. The fourth-order valence-corrected chi connectivity index (χ4v) is 5.02. The summed E-state index contributed by atoms with van der Waals surface area (Å²) in [5.74, 6) is -0.732. The molecule has 0 aliphatic heterocycles. The molecule has 0 atom stereocenters. The van der Waals surface area contributed by atoms with Crippen molar-refractivity contribution in [3.63, 3.8) is 0 Å². The number of hydrogen-bond acceptors (Lipinski definition) is 4. The summed E-state index contributed by atoms with van der Waals surface area (Å²) in [7, 11) is 0. The Balaban J connectivity index is 1.78. The second-order valence-corrected chi connectivity index (χ2v) is 8.37. The molecule has 27 heavy (non-hydrogen) atoms. The van der Waals surface area contributed by atoms with Gasteiger partial charge in [0.15, 0.2) is 5.11 Å². The first kappa shape index (κ1) is 19.5. The summed E-state index contributed by atoms with van der Waals surface area (Å²) in [5, 5.41) is 6.51. The van der Waals surface area contributed by atoms with Gasteiger partial charge in [-0.3, -0.25) is 14.9 Å². The molecule has 0 saturated carbocycles.